The van der Waals surface area contributed by atoms with Gasteiger partial charge in [0.2, 0.25) is 11.8 Å². The summed E-state index contributed by atoms with van der Waals surface area (Å²) in [5, 5.41) is 5.51. The third kappa shape index (κ3) is 5.15. The first kappa shape index (κ1) is 18.1. The van der Waals surface area contributed by atoms with E-state index in [1.165, 1.54) is 19.3 Å². The number of ether oxygens (including phenoxy) is 1. The molecule has 1 atom stereocenters. The molecule has 6 heteroatoms. The highest BCUT2D eigenvalue weighted by Gasteiger charge is 2.21. The molecule has 24 heavy (non-hydrogen) atoms. The summed E-state index contributed by atoms with van der Waals surface area (Å²) < 4.78 is 5.12. The van der Waals surface area contributed by atoms with Gasteiger partial charge in [0.1, 0.15) is 11.8 Å². The molecule has 0 bridgehead atoms. The molecule has 1 aliphatic carbocycles. The van der Waals surface area contributed by atoms with Crippen molar-refractivity contribution in [1.29, 1.82) is 0 Å². The Balaban J connectivity index is 1.86. The van der Waals surface area contributed by atoms with Crippen LogP contribution in [0.3, 0.4) is 0 Å². The van der Waals surface area contributed by atoms with Crippen molar-refractivity contribution in [3.8, 4) is 5.75 Å². The summed E-state index contributed by atoms with van der Waals surface area (Å²) in [6.45, 7) is 1.67. The molecule has 1 saturated carbocycles. The van der Waals surface area contributed by atoms with Crippen molar-refractivity contribution in [2.24, 2.45) is 5.92 Å². The molecule has 1 fully saturated rings. The molecule has 4 N–H and O–H groups in total. The van der Waals surface area contributed by atoms with E-state index < -0.39 is 6.04 Å². The minimum Gasteiger partial charge on any atom is -0.497 e. The predicted octanol–water partition coefficient (Wildman–Crippen LogP) is 2.69. The van der Waals surface area contributed by atoms with Crippen molar-refractivity contribution in [2.75, 3.05) is 18.2 Å². The fourth-order valence-corrected chi connectivity index (χ4v) is 3.03. The summed E-state index contributed by atoms with van der Waals surface area (Å²) in [7, 11) is 1.55. The Morgan fingerprint density at radius 3 is 2.67 bits per heavy atom. The Kier molecular flexibility index (Phi) is 6.46. The van der Waals surface area contributed by atoms with E-state index in [1.807, 2.05) is 0 Å². The second-order valence-electron chi connectivity index (χ2n) is 6.44. The Morgan fingerprint density at radius 2 is 2.00 bits per heavy atom. The van der Waals surface area contributed by atoms with Gasteiger partial charge in [-0.2, -0.15) is 0 Å². The number of nitrogen functional groups attached to an aromatic ring is 1. The van der Waals surface area contributed by atoms with Crippen LogP contribution in [0.4, 0.5) is 11.4 Å². The maximum Gasteiger partial charge on any atom is 0.246 e. The number of anilines is 2. The lowest BCUT2D eigenvalue weighted by Gasteiger charge is -2.22. The van der Waals surface area contributed by atoms with Crippen molar-refractivity contribution in [1.82, 2.24) is 5.32 Å². The van der Waals surface area contributed by atoms with Gasteiger partial charge in [-0.1, -0.05) is 19.3 Å². The van der Waals surface area contributed by atoms with Gasteiger partial charge in [-0.3, -0.25) is 9.59 Å². The topological polar surface area (TPSA) is 93.4 Å². The molecular formula is C18H27N3O3. The SMILES string of the molecule is COc1ccc(N)c(NC(=O)C(C)NC(=O)CC2CCCCC2)c1. The van der Waals surface area contributed by atoms with Gasteiger partial charge in [-0.05, 0) is 37.8 Å². The molecule has 0 radical (unpaired) electrons. The summed E-state index contributed by atoms with van der Waals surface area (Å²) in [5.74, 6) is 0.687. The lowest BCUT2D eigenvalue weighted by Crippen LogP contribution is -2.42. The van der Waals surface area contributed by atoms with Crippen molar-refractivity contribution in [3.63, 3.8) is 0 Å². The summed E-state index contributed by atoms with van der Waals surface area (Å²) in [6, 6.07) is 4.43. The predicted molar refractivity (Wildman–Crippen MR) is 94.8 cm³/mol. The summed E-state index contributed by atoms with van der Waals surface area (Å²) in [6.07, 6.45) is 6.37. The lowest BCUT2D eigenvalue weighted by atomic mass is 9.87. The van der Waals surface area contributed by atoms with Crippen LogP contribution >= 0.6 is 0 Å². The fourth-order valence-electron chi connectivity index (χ4n) is 3.03. The van der Waals surface area contributed by atoms with E-state index in [1.54, 1.807) is 32.2 Å². The van der Waals surface area contributed by atoms with Crippen LogP contribution in [0.15, 0.2) is 18.2 Å². The number of methoxy groups -OCH3 is 1. The van der Waals surface area contributed by atoms with Gasteiger partial charge in [0.05, 0.1) is 18.5 Å². The van der Waals surface area contributed by atoms with Crippen LogP contribution in [0.2, 0.25) is 0 Å². The van der Waals surface area contributed by atoms with Gasteiger partial charge >= 0.3 is 0 Å². The number of nitrogens with one attached hydrogen (secondary N) is 2. The molecule has 0 heterocycles. The van der Waals surface area contributed by atoms with Crippen LogP contribution in [0.1, 0.15) is 45.4 Å². The standard InChI is InChI=1S/C18H27N3O3/c1-12(20-17(22)10-13-6-4-3-5-7-13)18(23)21-16-11-14(24-2)8-9-15(16)19/h8-9,11-13H,3-7,10,19H2,1-2H3,(H,20,22)(H,21,23). The van der Waals surface area contributed by atoms with E-state index in [0.29, 0.717) is 29.5 Å². The molecule has 0 spiro atoms. The minimum absolute atomic E-state index is 0.0665. The number of carbonyl (C=O) groups is 2. The molecule has 2 amide bonds. The first-order valence-electron chi connectivity index (χ1n) is 8.53. The van der Waals surface area contributed by atoms with E-state index in [9.17, 15) is 9.59 Å². The molecule has 1 aromatic rings. The molecule has 1 aliphatic rings. The number of nitrogens with two attached hydrogens (primary N) is 1. The number of amides is 2. The number of hydrogen-bond acceptors (Lipinski definition) is 4. The monoisotopic (exact) mass is 333 g/mol. The second kappa shape index (κ2) is 8.57. The normalized spacial score (nSPS) is 16.2. The van der Waals surface area contributed by atoms with Crippen LogP contribution in [-0.4, -0.2) is 25.0 Å². The Hall–Kier alpha value is -2.24. The zero-order chi connectivity index (χ0) is 17.5. The van der Waals surface area contributed by atoms with E-state index >= 15 is 0 Å². The molecule has 0 aromatic heterocycles. The molecule has 6 nitrogen and oxygen atoms in total. The first-order chi connectivity index (χ1) is 11.5. The van der Waals surface area contributed by atoms with Crippen molar-refractivity contribution in [2.45, 2.75) is 51.5 Å². The molecule has 1 aromatic carbocycles. The zero-order valence-corrected chi connectivity index (χ0v) is 14.4. The van der Waals surface area contributed by atoms with Gasteiger partial charge in [-0.25, -0.2) is 0 Å². The van der Waals surface area contributed by atoms with Crippen LogP contribution in [0.25, 0.3) is 0 Å². The van der Waals surface area contributed by atoms with Crippen molar-refractivity contribution >= 4 is 23.2 Å². The van der Waals surface area contributed by atoms with Crippen LogP contribution in [0.5, 0.6) is 5.75 Å². The van der Waals surface area contributed by atoms with E-state index in [0.717, 1.165) is 12.8 Å². The third-order valence-corrected chi connectivity index (χ3v) is 4.49. The number of hydrogen-bond donors (Lipinski definition) is 3. The highest BCUT2D eigenvalue weighted by molar-refractivity contribution is 5.99. The van der Waals surface area contributed by atoms with Gasteiger partial charge in [-0.15, -0.1) is 0 Å². The lowest BCUT2D eigenvalue weighted by molar-refractivity contribution is -0.126. The van der Waals surface area contributed by atoms with Gasteiger partial charge in [0.25, 0.3) is 0 Å². The Bertz CT molecular complexity index is 583. The van der Waals surface area contributed by atoms with E-state index in [-0.39, 0.29) is 11.8 Å². The fraction of sp³-hybridized carbons (Fsp3) is 0.556. The van der Waals surface area contributed by atoms with Crippen LogP contribution in [-0.2, 0) is 9.59 Å². The average molecular weight is 333 g/mol. The second-order valence-corrected chi connectivity index (χ2v) is 6.44. The zero-order valence-electron chi connectivity index (χ0n) is 14.4. The summed E-state index contributed by atoms with van der Waals surface area (Å²) in [4.78, 5) is 24.4. The molecule has 132 valence electrons. The molecule has 0 saturated heterocycles. The number of rotatable bonds is 6. The molecular weight excluding hydrogens is 306 g/mol. The first-order valence-corrected chi connectivity index (χ1v) is 8.53. The smallest absolute Gasteiger partial charge is 0.246 e. The highest BCUT2D eigenvalue weighted by atomic mass is 16.5. The van der Waals surface area contributed by atoms with Gasteiger partial charge < -0.3 is 21.1 Å². The summed E-state index contributed by atoms with van der Waals surface area (Å²) in [5.41, 5.74) is 6.79. The van der Waals surface area contributed by atoms with E-state index in [4.69, 9.17) is 10.5 Å². The Morgan fingerprint density at radius 1 is 1.29 bits per heavy atom. The van der Waals surface area contributed by atoms with Crippen molar-refractivity contribution in [3.05, 3.63) is 18.2 Å². The number of benzene rings is 1. The highest BCUT2D eigenvalue weighted by Crippen LogP contribution is 2.26. The third-order valence-electron chi connectivity index (χ3n) is 4.49. The van der Waals surface area contributed by atoms with E-state index in [2.05, 4.69) is 10.6 Å². The number of carbonyl (C=O) groups excluding carboxylic acids is 2. The maximum atomic E-state index is 12.3. The minimum atomic E-state index is -0.619. The maximum absolute atomic E-state index is 12.3. The quantitative estimate of drug-likeness (QED) is 0.698. The molecule has 2 rings (SSSR count). The van der Waals surface area contributed by atoms with Crippen LogP contribution < -0.4 is 21.1 Å². The van der Waals surface area contributed by atoms with Gasteiger partial charge in [0, 0.05) is 12.5 Å². The van der Waals surface area contributed by atoms with Gasteiger partial charge in [0.15, 0.2) is 0 Å². The summed E-state index contributed by atoms with van der Waals surface area (Å²) >= 11 is 0. The van der Waals surface area contributed by atoms with Crippen LogP contribution in [0, 0.1) is 5.92 Å². The Labute approximate surface area is 143 Å². The molecule has 1 unspecified atom stereocenters. The van der Waals surface area contributed by atoms with Crippen molar-refractivity contribution < 1.29 is 14.3 Å². The molecule has 0 aliphatic heterocycles. The largest absolute Gasteiger partial charge is 0.497 e. The average Bonchev–Trinajstić information content (AvgIpc) is 2.57.